The van der Waals surface area contributed by atoms with Crippen molar-refractivity contribution in [3.05, 3.63) is 186 Å². The van der Waals surface area contributed by atoms with Gasteiger partial charge in [-0.1, -0.05) is 108 Å². The maximum absolute atomic E-state index is 2.54. The fourth-order valence-electron chi connectivity index (χ4n) is 9.79. The normalized spacial score (nSPS) is 16.1. The summed E-state index contributed by atoms with van der Waals surface area (Å²) < 4.78 is 12.5. The van der Waals surface area contributed by atoms with Crippen LogP contribution in [0.15, 0.2) is 164 Å². The van der Waals surface area contributed by atoms with Gasteiger partial charge in [-0.2, -0.15) is 9.13 Å². The van der Waals surface area contributed by atoms with E-state index in [-0.39, 0.29) is 0 Å². The van der Waals surface area contributed by atoms with Gasteiger partial charge in [-0.15, -0.1) is 4.68 Å². The summed E-state index contributed by atoms with van der Waals surface area (Å²) in [5, 5.41) is 5.12. The Morgan fingerprint density at radius 1 is 0.481 bits per heavy atom. The van der Waals surface area contributed by atoms with Crippen LogP contribution in [0.25, 0.3) is 84.1 Å². The Morgan fingerprint density at radius 3 is 1.87 bits per heavy atom. The smallest absolute Gasteiger partial charge is 0.307 e. The molecular formula is C47H29N5+2. The lowest BCUT2D eigenvalue weighted by Gasteiger charge is -2.33. The zero-order valence-corrected chi connectivity index (χ0v) is 28.0. The zero-order chi connectivity index (χ0) is 33.7. The van der Waals surface area contributed by atoms with Crippen molar-refractivity contribution in [2.75, 3.05) is 0 Å². The van der Waals surface area contributed by atoms with E-state index in [9.17, 15) is 0 Å². The van der Waals surface area contributed by atoms with E-state index in [2.05, 4.69) is 199 Å². The third kappa shape index (κ3) is 3.00. The molecule has 0 radical (unpaired) electrons. The molecule has 0 N–H and O–H groups in total. The van der Waals surface area contributed by atoms with Gasteiger partial charge in [0.15, 0.2) is 5.52 Å². The van der Waals surface area contributed by atoms with E-state index in [1.165, 1.54) is 88.4 Å². The van der Waals surface area contributed by atoms with Crippen molar-refractivity contribution in [1.29, 1.82) is 0 Å². The number of hydrogen-bond acceptors (Lipinski definition) is 0. The van der Waals surface area contributed by atoms with Crippen LogP contribution in [0.4, 0.5) is 0 Å². The average molecular weight is 664 g/mol. The molecule has 0 amide bonds. The van der Waals surface area contributed by atoms with Crippen LogP contribution in [0, 0.1) is 0 Å². The Morgan fingerprint density at radius 2 is 1.10 bits per heavy atom. The number of fused-ring (bicyclic) bond motifs is 11. The second-order valence-electron chi connectivity index (χ2n) is 14.3. The SMILES string of the molecule is C(=C\c1ccc(-c2cn3[n+](c2)C24c5c-3ccc3c6ccccc6n(c53)-c3ccc5c6ccccc6n(c5c32)-c2cccc[n+]24)cc1)/c1ccccc1. The van der Waals surface area contributed by atoms with Crippen LogP contribution in [0.5, 0.6) is 0 Å². The molecule has 0 aliphatic carbocycles. The van der Waals surface area contributed by atoms with E-state index in [4.69, 9.17) is 0 Å². The molecule has 0 fully saturated rings. The molecule has 1 unspecified atom stereocenters. The van der Waals surface area contributed by atoms with E-state index < -0.39 is 5.66 Å². The van der Waals surface area contributed by atoms with Crippen LogP contribution in [0.2, 0.25) is 0 Å². The Kier molecular flexibility index (Phi) is 4.76. The first kappa shape index (κ1) is 26.8. The quantitative estimate of drug-likeness (QED) is 0.133. The lowest BCUT2D eigenvalue weighted by atomic mass is 9.82. The Hall–Kier alpha value is -6.98. The lowest BCUT2D eigenvalue weighted by Crippen LogP contribution is -2.76. The molecule has 4 aromatic heterocycles. The topological polar surface area (TPSA) is 22.5 Å². The van der Waals surface area contributed by atoms with Crippen molar-refractivity contribution in [2.24, 2.45) is 0 Å². The highest BCUT2D eigenvalue weighted by Crippen LogP contribution is 2.54. The van der Waals surface area contributed by atoms with Crippen molar-refractivity contribution < 1.29 is 9.25 Å². The van der Waals surface area contributed by atoms with Gasteiger partial charge in [-0.05, 0) is 65.2 Å². The third-order valence-electron chi connectivity index (χ3n) is 11.8. The number of nitrogens with zero attached hydrogens (tertiary/aromatic N) is 5. The van der Waals surface area contributed by atoms with Gasteiger partial charge in [0.05, 0.1) is 34.7 Å². The molecule has 0 saturated heterocycles. The fourth-order valence-corrected chi connectivity index (χ4v) is 9.79. The molecule has 1 atom stereocenters. The van der Waals surface area contributed by atoms with Gasteiger partial charge in [-0.3, -0.25) is 0 Å². The molecule has 7 heterocycles. The minimum absolute atomic E-state index is 0.661. The Balaban J connectivity index is 1.15. The third-order valence-corrected chi connectivity index (χ3v) is 11.8. The number of aromatic nitrogens is 5. The van der Waals surface area contributed by atoms with E-state index in [1.807, 2.05) is 0 Å². The summed E-state index contributed by atoms with van der Waals surface area (Å²) in [6.45, 7) is 0. The molecule has 0 bridgehead atoms. The van der Waals surface area contributed by atoms with E-state index >= 15 is 0 Å². The maximum Gasteiger partial charge on any atom is 0.394 e. The van der Waals surface area contributed by atoms with Crippen LogP contribution in [0.1, 0.15) is 22.3 Å². The maximum atomic E-state index is 2.54. The first-order chi connectivity index (χ1) is 25.8. The average Bonchev–Trinajstić information content (AvgIpc) is 3.95. The fraction of sp³-hybridized carbons (Fsp3) is 0.0213. The van der Waals surface area contributed by atoms with Crippen LogP contribution >= 0.6 is 0 Å². The predicted octanol–water partition coefficient (Wildman–Crippen LogP) is 9.32. The molecular weight excluding hydrogens is 635 g/mol. The second-order valence-corrected chi connectivity index (χ2v) is 14.3. The number of hydrogen-bond donors (Lipinski definition) is 0. The number of pyridine rings is 1. The standard InChI is InChI=1S/C47H29N5/c1-2-10-30(11-3-1)17-18-31-19-21-32(22-20-31)33-28-49-40-25-23-36-34-12-4-6-14-38(34)51-41-26-24-37-35-13-5-7-15-39(35)52-42-16-8-9-27-48(42)47(50(49)29-33,43(40)45(36)51)44(41)46(37)52/h1-29H/q+2/b18-17+. The first-order valence-electron chi connectivity index (χ1n) is 17.9. The summed E-state index contributed by atoms with van der Waals surface area (Å²) in [4.78, 5) is 0. The Labute approximate surface area is 298 Å². The van der Waals surface area contributed by atoms with Crippen LogP contribution in [0.3, 0.4) is 0 Å². The molecule has 3 aliphatic rings. The summed E-state index contributed by atoms with van der Waals surface area (Å²) in [7, 11) is 0. The Bertz CT molecular complexity index is 3230. The molecule has 3 aliphatic heterocycles. The highest BCUT2D eigenvalue weighted by molar-refractivity contribution is 6.16. The van der Waals surface area contributed by atoms with Crippen molar-refractivity contribution >= 4 is 55.8 Å². The summed E-state index contributed by atoms with van der Waals surface area (Å²) >= 11 is 0. The van der Waals surface area contributed by atoms with Gasteiger partial charge < -0.3 is 4.57 Å². The molecule has 5 heteroatoms. The van der Waals surface area contributed by atoms with Gasteiger partial charge in [-0.25, -0.2) is 0 Å². The van der Waals surface area contributed by atoms with E-state index in [0.717, 1.165) is 5.82 Å². The summed E-state index contributed by atoms with van der Waals surface area (Å²) in [6.07, 6.45) is 11.4. The largest absolute Gasteiger partial charge is 0.394 e. The molecule has 10 aromatic rings. The van der Waals surface area contributed by atoms with Gasteiger partial charge in [0.2, 0.25) is 6.20 Å². The second kappa shape index (κ2) is 9.22. The van der Waals surface area contributed by atoms with Gasteiger partial charge >= 0.3 is 5.66 Å². The molecule has 5 nitrogen and oxygen atoms in total. The molecule has 240 valence electrons. The van der Waals surface area contributed by atoms with Crippen molar-refractivity contribution in [1.82, 2.24) is 13.8 Å². The summed E-state index contributed by atoms with van der Waals surface area (Å²) in [5.41, 5.74) is 14.2. The molecule has 52 heavy (non-hydrogen) atoms. The number of para-hydroxylation sites is 2. The highest BCUT2D eigenvalue weighted by atomic mass is 15.5. The monoisotopic (exact) mass is 663 g/mol. The van der Waals surface area contributed by atoms with Crippen LogP contribution in [-0.4, -0.2) is 13.8 Å². The molecule has 1 spiro atoms. The lowest BCUT2D eigenvalue weighted by molar-refractivity contribution is -0.993. The van der Waals surface area contributed by atoms with Crippen molar-refractivity contribution in [3.8, 4) is 28.3 Å². The molecule has 0 saturated carbocycles. The molecule has 6 aromatic carbocycles. The number of benzene rings is 6. The van der Waals surface area contributed by atoms with E-state index in [1.54, 1.807) is 0 Å². The van der Waals surface area contributed by atoms with Gasteiger partial charge in [0.1, 0.15) is 22.3 Å². The van der Waals surface area contributed by atoms with Crippen molar-refractivity contribution in [2.45, 2.75) is 5.66 Å². The summed E-state index contributed by atoms with van der Waals surface area (Å²) in [6, 6.07) is 53.3. The number of rotatable bonds is 3. The van der Waals surface area contributed by atoms with Gasteiger partial charge in [0.25, 0.3) is 5.82 Å². The van der Waals surface area contributed by atoms with Crippen LogP contribution < -0.4 is 9.25 Å². The van der Waals surface area contributed by atoms with Crippen LogP contribution in [-0.2, 0) is 5.66 Å². The van der Waals surface area contributed by atoms with Crippen molar-refractivity contribution in [3.63, 3.8) is 0 Å². The minimum atomic E-state index is -0.661. The highest BCUT2D eigenvalue weighted by Gasteiger charge is 2.68. The zero-order valence-electron chi connectivity index (χ0n) is 28.0. The summed E-state index contributed by atoms with van der Waals surface area (Å²) in [5.74, 6) is 1.16. The van der Waals surface area contributed by atoms with Gasteiger partial charge in [0, 0.05) is 27.6 Å². The molecule has 13 rings (SSSR count). The minimum Gasteiger partial charge on any atom is -0.307 e. The predicted molar refractivity (Wildman–Crippen MR) is 207 cm³/mol. The first-order valence-corrected chi connectivity index (χ1v) is 17.9. The van der Waals surface area contributed by atoms with E-state index in [0.29, 0.717) is 0 Å².